The second kappa shape index (κ2) is 5.25. The number of amides is 1. The van der Waals surface area contributed by atoms with E-state index in [0.717, 1.165) is 0 Å². The van der Waals surface area contributed by atoms with E-state index in [1.54, 1.807) is 4.90 Å². The molecule has 1 aliphatic rings. The van der Waals surface area contributed by atoms with Gasteiger partial charge in [-0.15, -0.1) is 0 Å². The minimum Gasteiger partial charge on any atom is -0.478 e. The lowest BCUT2D eigenvalue weighted by atomic mass is 10.1. The van der Waals surface area contributed by atoms with Crippen LogP contribution in [0.15, 0.2) is 11.1 Å². The molecule has 1 fully saturated rings. The average Bonchev–Trinajstić information content (AvgIpc) is 2.27. The third-order valence-corrected chi connectivity index (χ3v) is 3.94. The number of nitrogens with zero attached hydrogens (tertiary/aromatic N) is 1. The minimum atomic E-state index is -1.08. The third-order valence-electron chi connectivity index (χ3n) is 2.67. The molecule has 90 valence electrons. The van der Waals surface area contributed by atoms with E-state index in [2.05, 4.69) is 0 Å². The number of carboxylic acids is 1. The van der Waals surface area contributed by atoms with E-state index < -0.39 is 16.8 Å². The molecule has 0 spiro atoms. The van der Waals surface area contributed by atoms with Gasteiger partial charge in [0, 0.05) is 46.5 Å². The van der Waals surface area contributed by atoms with Crippen LogP contribution >= 0.6 is 0 Å². The molecule has 1 saturated heterocycles. The van der Waals surface area contributed by atoms with E-state index in [9.17, 15) is 13.8 Å². The highest BCUT2D eigenvalue weighted by molar-refractivity contribution is 7.85. The molecule has 0 aromatic carbocycles. The van der Waals surface area contributed by atoms with Crippen molar-refractivity contribution >= 4 is 22.7 Å². The third kappa shape index (κ3) is 2.91. The molecule has 1 N–H and O–H groups in total. The van der Waals surface area contributed by atoms with Gasteiger partial charge < -0.3 is 10.0 Å². The van der Waals surface area contributed by atoms with Crippen LogP contribution in [-0.4, -0.2) is 50.7 Å². The van der Waals surface area contributed by atoms with Crippen LogP contribution in [0.1, 0.15) is 13.8 Å². The second-order valence-corrected chi connectivity index (χ2v) is 5.39. The zero-order valence-corrected chi connectivity index (χ0v) is 10.2. The molecule has 0 saturated carbocycles. The molecular weight excluding hydrogens is 230 g/mol. The predicted molar refractivity (Wildman–Crippen MR) is 60.5 cm³/mol. The summed E-state index contributed by atoms with van der Waals surface area (Å²) in [7, 11) is -0.836. The van der Waals surface area contributed by atoms with Crippen molar-refractivity contribution in [2.45, 2.75) is 13.8 Å². The molecule has 0 unspecified atom stereocenters. The molecule has 1 amide bonds. The molecule has 6 heteroatoms. The van der Waals surface area contributed by atoms with Gasteiger partial charge in [-0.2, -0.15) is 0 Å². The molecule has 1 rings (SSSR count). The molecule has 0 radical (unpaired) electrons. The number of hydrogen-bond donors (Lipinski definition) is 1. The average molecular weight is 245 g/mol. The number of carbonyl (C=O) groups is 2. The Morgan fingerprint density at radius 2 is 1.62 bits per heavy atom. The summed E-state index contributed by atoms with van der Waals surface area (Å²) in [5.41, 5.74) is 0.317. The monoisotopic (exact) mass is 245 g/mol. The fourth-order valence-electron chi connectivity index (χ4n) is 1.40. The lowest BCUT2D eigenvalue weighted by Crippen LogP contribution is -2.42. The van der Waals surface area contributed by atoms with Gasteiger partial charge in [0.05, 0.1) is 0 Å². The van der Waals surface area contributed by atoms with Crippen molar-refractivity contribution in [2.24, 2.45) is 0 Å². The smallest absolute Gasteiger partial charge is 0.331 e. The Labute approximate surface area is 96.6 Å². The maximum Gasteiger partial charge on any atom is 0.331 e. The zero-order chi connectivity index (χ0) is 12.3. The van der Waals surface area contributed by atoms with Gasteiger partial charge in [-0.05, 0) is 13.8 Å². The van der Waals surface area contributed by atoms with Crippen molar-refractivity contribution in [1.29, 1.82) is 0 Å². The van der Waals surface area contributed by atoms with Crippen LogP contribution in [0.4, 0.5) is 0 Å². The summed E-state index contributed by atoms with van der Waals surface area (Å²) in [6.45, 7) is 3.81. The van der Waals surface area contributed by atoms with Gasteiger partial charge in [0.2, 0.25) is 5.91 Å². The Morgan fingerprint density at radius 3 is 2.06 bits per heavy atom. The minimum absolute atomic E-state index is 0.0664. The Morgan fingerprint density at radius 1 is 1.12 bits per heavy atom. The SMILES string of the molecule is CC(C(=O)O)=C(C)C(=O)N1CCS(=O)CC1. The summed E-state index contributed by atoms with van der Waals surface area (Å²) in [5, 5.41) is 8.76. The summed E-state index contributed by atoms with van der Waals surface area (Å²) in [6, 6.07) is 0. The van der Waals surface area contributed by atoms with Crippen LogP contribution in [-0.2, 0) is 20.4 Å². The summed E-state index contributed by atoms with van der Waals surface area (Å²) in [4.78, 5) is 24.1. The van der Waals surface area contributed by atoms with Crippen molar-refractivity contribution in [3.63, 3.8) is 0 Å². The number of carbonyl (C=O) groups excluding carboxylic acids is 1. The van der Waals surface area contributed by atoms with Gasteiger partial charge in [0.15, 0.2) is 0 Å². The zero-order valence-electron chi connectivity index (χ0n) is 9.36. The quantitative estimate of drug-likeness (QED) is 0.695. The molecular formula is C10H15NO4S. The number of hydrogen-bond acceptors (Lipinski definition) is 3. The van der Waals surface area contributed by atoms with E-state index in [4.69, 9.17) is 5.11 Å². The van der Waals surface area contributed by atoms with Gasteiger partial charge in [0.1, 0.15) is 0 Å². The van der Waals surface area contributed by atoms with Crippen molar-refractivity contribution < 1.29 is 18.9 Å². The molecule has 1 heterocycles. The summed E-state index contributed by atoms with van der Waals surface area (Å²) < 4.78 is 11.1. The van der Waals surface area contributed by atoms with Gasteiger partial charge in [-0.25, -0.2) is 4.79 Å². The first-order valence-corrected chi connectivity index (χ1v) is 6.47. The molecule has 0 aromatic heterocycles. The number of aliphatic carboxylic acids is 1. The van der Waals surface area contributed by atoms with Crippen LogP contribution in [0.2, 0.25) is 0 Å². The highest BCUT2D eigenvalue weighted by Gasteiger charge is 2.23. The van der Waals surface area contributed by atoms with Gasteiger partial charge in [0.25, 0.3) is 0 Å². The molecule has 5 nitrogen and oxygen atoms in total. The number of carboxylic acid groups (broad SMARTS) is 1. The summed E-state index contributed by atoms with van der Waals surface area (Å²) >= 11 is 0. The van der Waals surface area contributed by atoms with Crippen molar-refractivity contribution in [2.75, 3.05) is 24.6 Å². The molecule has 16 heavy (non-hydrogen) atoms. The van der Waals surface area contributed by atoms with Crippen LogP contribution in [0.3, 0.4) is 0 Å². The second-order valence-electron chi connectivity index (χ2n) is 3.70. The topological polar surface area (TPSA) is 74.7 Å². The maximum absolute atomic E-state index is 11.9. The first-order chi connectivity index (χ1) is 7.43. The fraction of sp³-hybridized carbons (Fsp3) is 0.600. The first kappa shape index (κ1) is 12.9. The van der Waals surface area contributed by atoms with E-state index in [1.165, 1.54) is 13.8 Å². The molecule has 0 atom stereocenters. The number of rotatable bonds is 2. The highest BCUT2D eigenvalue weighted by Crippen LogP contribution is 2.10. The fourth-order valence-corrected chi connectivity index (χ4v) is 2.45. The summed E-state index contributed by atoms with van der Waals surface area (Å²) in [6.07, 6.45) is 0. The Kier molecular flexibility index (Phi) is 4.23. The van der Waals surface area contributed by atoms with Crippen molar-refractivity contribution in [1.82, 2.24) is 4.90 Å². The molecule has 0 aliphatic carbocycles. The standard InChI is InChI=1S/C10H15NO4S/c1-7(8(2)10(13)14)9(12)11-3-5-16(15)6-4-11/h3-6H2,1-2H3,(H,13,14). The normalized spacial score (nSPS) is 19.2. The van der Waals surface area contributed by atoms with Crippen LogP contribution < -0.4 is 0 Å². The van der Waals surface area contributed by atoms with E-state index >= 15 is 0 Å². The summed E-state index contributed by atoms with van der Waals surface area (Å²) in [5.74, 6) is -0.390. The first-order valence-electron chi connectivity index (χ1n) is 4.98. The Hall–Kier alpha value is -1.17. The molecule has 1 aliphatic heterocycles. The van der Waals surface area contributed by atoms with Crippen LogP contribution in [0, 0.1) is 0 Å². The lowest BCUT2D eigenvalue weighted by Gasteiger charge is -2.26. The van der Waals surface area contributed by atoms with Crippen LogP contribution in [0.25, 0.3) is 0 Å². The van der Waals surface area contributed by atoms with Gasteiger partial charge >= 0.3 is 5.97 Å². The lowest BCUT2D eigenvalue weighted by molar-refractivity contribution is -0.133. The van der Waals surface area contributed by atoms with Crippen molar-refractivity contribution in [3.05, 3.63) is 11.1 Å². The molecule has 0 aromatic rings. The van der Waals surface area contributed by atoms with Gasteiger partial charge in [-0.1, -0.05) is 0 Å². The van der Waals surface area contributed by atoms with E-state index in [0.29, 0.717) is 24.6 Å². The van der Waals surface area contributed by atoms with Gasteiger partial charge in [-0.3, -0.25) is 9.00 Å². The van der Waals surface area contributed by atoms with E-state index in [-0.39, 0.29) is 17.1 Å². The van der Waals surface area contributed by atoms with Crippen molar-refractivity contribution in [3.8, 4) is 0 Å². The largest absolute Gasteiger partial charge is 0.478 e. The highest BCUT2D eigenvalue weighted by atomic mass is 32.2. The van der Waals surface area contributed by atoms with Crippen LogP contribution in [0.5, 0.6) is 0 Å². The Bertz CT molecular complexity index is 365. The maximum atomic E-state index is 11.9. The molecule has 0 bridgehead atoms. The Balaban J connectivity index is 2.75. The predicted octanol–water partition coefficient (Wildman–Crippen LogP) is -0.00170. The van der Waals surface area contributed by atoms with E-state index in [1.807, 2.05) is 0 Å².